The number of hydrogen-bond acceptors (Lipinski definition) is 7. The van der Waals surface area contributed by atoms with Gasteiger partial charge < -0.3 is 28.5 Å². The third kappa shape index (κ3) is 2.88. The summed E-state index contributed by atoms with van der Waals surface area (Å²) in [6.07, 6.45) is 0. The molecule has 0 atom stereocenters. The molecule has 0 aliphatic heterocycles. The zero-order valence-corrected chi connectivity index (χ0v) is 14.8. The van der Waals surface area contributed by atoms with E-state index in [-0.39, 0.29) is 22.7 Å². The first-order valence-corrected chi connectivity index (χ1v) is 7.67. The predicted octanol–water partition coefficient (Wildman–Crippen LogP) is 3.20. The highest BCUT2D eigenvalue weighted by Gasteiger charge is 2.17. The SMILES string of the molecule is COc1cc(OC)c2c(=O)cc(-c3cc(O)c(OC)c(OC)c3)oc2c1. The third-order valence-corrected chi connectivity index (χ3v) is 3.97. The Morgan fingerprint density at radius 1 is 0.846 bits per heavy atom. The van der Waals surface area contributed by atoms with Crippen molar-refractivity contribution < 1.29 is 28.5 Å². The molecule has 1 N–H and O–H groups in total. The maximum Gasteiger partial charge on any atom is 0.203 e. The van der Waals surface area contributed by atoms with E-state index < -0.39 is 0 Å². The quantitative estimate of drug-likeness (QED) is 0.749. The number of rotatable bonds is 5. The Hall–Kier alpha value is -3.35. The number of fused-ring (bicyclic) bond motifs is 1. The fourth-order valence-electron chi connectivity index (χ4n) is 2.74. The minimum absolute atomic E-state index is 0.132. The van der Waals surface area contributed by atoms with Crippen LogP contribution in [0.5, 0.6) is 28.7 Å². The minimum Gasteiger partial charge on any atom is -0.504 e. The summed E-state index contributed by atoms with van der Waals surface area (Å²) in [4.78, 5) is 12.6. The summed E-state index contributed by atoms with van der Waals surface area (Å²) in [5.41, 5.74) is 0.480. The molecule has 0 fully saturated rings. The van der Waals surface area contributed by atoms with Crippen molar-refractivity contribution in [2.75, 3.05) is 28.4 Å². The second kappa shape index (κ2) is 6.87. The van der Waals surface area contributed by atoms with E-state index in [1.807, 2.05) is 0 Å². The summed E-state index contributed by atoms with van der Waals surface area (Å²) in [5, 5.41) is 10.5. The highest BCUT2D eigenvalue weighted by molar-refractivity contribution is 5.86. The van der Waals surface area contributed by atoms with Crippen molar-refractivity contribution in [2.45, 2.75) is 0 Å². The Labute approximate surface area is 149 Å². The first kappa shape index (κ1) is 17.5. The first-order valence-electron chi connectivity index (χ1n) is 7.67. The summed E-state index contributed by atoms with van der Waals surface area (Å²) < 4.78 is 26.7. The van der Waals surface area contributed by atoms with E-state index >= 15 is 0 Å². The lowest BCUT2D eigenvalue weighted by Crippen LogP contribution is -2.03. The molecule has 0 aliphatic rings. The molecule has 1 aromatic heterocycles. The van der Waals surface area contributed by atoms with E-state index in [0.717, 1.165) is 0 Å². The zero-order valence-electron chi connectivity index (χ0n) is 14.8. The highest BCUT2D eigenvalue weighted by Crippen LogP contribution is 2.41. The Morgan fingerprint density at radius 2 is 1.58 bits per heavy atom. The van der Waals surface area contributed by atoms with Gasteiger partial charge in [-0.15, -0.1) is 0 Å². The Balaban J connectivity index is 2.27. The van der Waals surface area contributed by atoms with Crippen LogP contribution < -0.4 is 24.4 Å². The molecular weight excluding hydrogens is 340 g/mol. The van der Waals surface area contributed by atoms with Crippen LogP contribution in [-0.4, -0.2) is 33.5 Å². The molecule has 7 heteroatoms. The smallest absolute Gasteiger partial charge is 0.203 e. The predicted molar refractivity (Wildman–Crippen MR) is 95.8 cm³/mol. The van der Waals surface area contributed by atoms with Crippen LogP contribution in [0.3, 0.4) is 0 Å². The topological polar surface area (TPSA) is 87.4 Å². The molecule has 26 heavy (non-hydrogen) atoms. The van der Waals surface area contributed by atoms with Gasteiger partial charge in [0.05, 0.1) is 28.4 Å². The van der Waals surface area contributed by atoms with Gasteiger partial charge in [-0.25, -0.2) is 0 Å². The van der Waals surface area contributed by atoms with Gasteiger partial charge in [0.15, 0.2) is 16.9 Å². The van der Waals surface area contributed by atoms with Crippen LogP contribution in [0, 0.1) is 0 Å². The molecule has 0 unspecified atom stereocenters. The lowest BCUT2D eigenvalue weighted by atomic mass is 10.1. The standard InChI is InChI=1S/C19H18O7/c1-22-11-7-15(23-2)18-12(20)9-14(26-16(18)8-11)10-5-13(21)19(25-4)17(6-10)24-3/h5-9,21H,1-4H3. The van der Waals surface area contributed by atoms with Gasteiger partial charge in [0.25, 0.3) is 0 Å². The highest BCUT2D eigenvalue weighted by atomic mass is 16.5. The van der Waals surface area contributed by atoms with Crippen LogP contribution in [-0.2, 0) is 0 Å². The molecule has 1 heterocycles. The van der Waals surface area contributed by atoms with Gasteiger partial charge >= 0.3 is 0 Å². The van der Waals surface area contributed by atoms with Crippen LogP contribution in [0.2, 0.25) is 0 Å². The normalized spacial score (nSPS) is 10.6. The maximum absolute atomic E-state index is 12.6. The van der Waals surface area contributed by atoms with Crippen molar-refractivity contribution in [3.8, 4) is 40.1 Å². The van der Waals surface area contributed by atoms with Crippen LogP contribution in [0.25, 0.3) is 22.3 Å². The largest absolute Gasteiger partial charge is 0.504 e. The number of methoxy groups -OCH3 is 4. The molecule has 0 radical (unpaired) electrons. The summed E-state index contributed by atoms with van der Waals surface area (Å²) in [5.74, 6) is 1.48. The molecule has 3 rings (SSSR count). The first-order chi connectivity index (χ1) is 12.5. The molecule has 7 nitrogen and oxygen atoms in total. The number of ether oxygens (including phenoxy) is 4. The average Bonchev–Trinajstić information content (AvgIpc) is 2.65. The summed E-state index contributed by atoms with van der Waals surface area (Å²) in [6.45, 7) is 0. The van der Waals surface area contributed by atoms with E-state index in [0.29, 0.717) is 33.8 Å². The summed E-state index contributed by atoms with van der Waals surface area (Å²) in [7, 11) is 5.85. The fraction of sp³-hybridized carbons (Fsp3) is 0.211. The molecule has 0 bridgehead atoms. The monoisotopic (exact) mass is 358 g/mol. The van der Waals surface area contributed by atoms with E-state index in [1.165, 1.54) is 40.6 Å². The van der Waals surface area contributed by atoms with Crippen LogP contribution in [0.15, 0.2) is 39.5 Å². The molecular formula is C19H18O7. The van der Waals surface area contributed by atoms with Crippen molar-refractivity contribution >= 4 is 11.0 Å². The van der Waals surface area contributed by atoms with E-state index in [9.17, 15) is 9.90 Å². The van der Waals surface area contributed by atoms with Crippen LogP contribution in [0.1, 0.15) is 0 Å². The molecule has 0 saturated carbocycles. The van der Waals surface area contributed by atoms with E-state index in [1.54, 1.807) is 18.2 Å². The number of aromatic hydroxyl groups is 1. The van der Waals surface area contributed by atoms with Gasteiger partial charge in [0.2, 0.25) is 5.75 Å². The van der Waals surface area contributed by atoms with Gasteiger partial charge in [-0.05, 0) is 12.1 Å². The molecule has 136 valence electrons. The van der Waals surface area contributed by atoms with Gasteiger partial charge in [-0.3, -0.25) is 4.79 Å². The molecule has 2 aromatic carbocycles. The van der Waals surface area contributed by atoms with Crippen molar-refractivity contribution in [1.29, 1.82) is 0 Å². The van der Waals surface area contributed by atoms with Gasteiger partial charge in [-0.2, -0.15) is 0 Å². The maximum atomic E-state index is 12.6. The Bertz CT molecular complexity index is 1020. The number of benzene rings is 2. The lowest BCUT2D eigenvalue weighted by Gasteiger charge is -2.12. The number of phenolic OH excluding ortho intramolecular Hbond substituents is 1. The van der Waals surface area contributed by atoms with Crippen LogP contribution >= 0.6 is 0 Å². The summed E-state index contributed by atoms with van der Waals surface area (Å²) in [6, 6.07) is 7.59. The molecule has 0 amide bonds. The van der Waals surface area contributed by atoms with Crippen molar-refractivity contribution in [3.63, 3.8) is 0 Å². The molecule has 0 spiro atoms. The van der Waals surface area contributed by atoms with Crippen LogP contribution in [0.4, 0.5) is 0 Å². The Morgan fingerprint density at radius 3 is 2.19 bits per heavy atom. The van der Waals surface area contributed by atoms with Crippen molar-refractivity contribution in [1.82, 2.24) is 0 Å². The second-order valence-electron chi connectivity index (χ2n) is 5.41. The van der Waals surface area contributed by atoms with Crippen molar-refractivity contribution in [2.24, 2.45) is 0 Å². The second-order valence-corrected chi connectivity index (χ2v) is 5.41. The third-order valence-electron chi connectivity index (χ3n) is 3.97. The van der Waals surface area contributed by atoms with Gasteiger partial charge in [-0.1, -0.05) is 0 Å². The van der Waals surface area contributed by atoms with Gasteiger partial charge in [0.1, 0.15) is 28.2 Å². The van der Waals surface area contributed by atoms with E-state index in [2.05, 4.69) is 0 Å². The molecule has 0 aliphatic carbocycles. The number of hydrogen-bond donors (Lipinski definition) is 1. The Kier molecular flexibility index (Phi) is 4.62. The molecule has 3 aromatic rings. The van der Waals surface area contributed by atoms with E-state index in [4.69, 9.17) is 23.4 Å². The lowest BCUT2D eigenvalue weighted by molar-refractivity contribution is 0.333. The molecule has 0 saturated heterocycles. The zero-order chi connectivity index (χ0) is 18.8. The van der Waals surface area contributed by atoms with Gasteiger partial charge in [0, 0.05) is 23.8 Å². The minimum atomic E-state index is -0.282. The number of phenols is 1. The average molecular weight is 358 g/mol. The van der Waals surface area contributed by atoms with Crippen molar-refractivity contribution in [3.05, 3.63) is 40.6 Å². The summed E-state index contributed by atoms with van der Waals surface area (Å²) >= 11 is 0. The fourth-order valence-corrected chi connectivity index (χ4v) is 2.74.